The summed E-state index contributed by atoms with van der Waals surface area (Å²) in [5, 5.41) is 0.412. The predicted molar refractivity (Wildman–Crippen MR) is 76.3 cm³/mol. The Labute approximate surface area is 125 Å². The van der Waals surface area contributed by atoms with Crippen LogP contribution >= 0.6 is 11.6 Å². The molecule has 0 bridgehead atoms. The van der Waals surface area contributed by atoms with Gasteiger partial charge in [-0.1, -0.05) is 17.7 Å². The Bertz CT molecular complexity index is 634. The highest BCUT2D eigenvalue weighted by molar-refractivity contribution is 6.30. The summed E-state index contributed by atoms with van der Waals surface area (Å²) in [6.45, 7) is 0. The van der Waals surface area contributed by atoms with Gasteiger partial charge >= 0.3 is 0 Å². The van der Waals surface area contributed by atoms with Crippen LogP contribution in [0.15, 0.2) is 36.4 Å². The first-order chi connectivity index (χ1) is 9.99. The molecular weight excluding hydrogens is 301 g/mol. The summed E-state index contributed by atoms with van der Waals surface area (Å²) in [6, 6.07) is 7.15. The van der Waals surface area contributed by atoms with Crippen molar-refractivity contribution in [1.29, 1.82) is 0 Å². The highest BCUT2D eigenvalue weighted by Gasteiger charge is 2.15. The number of hydrogen-bond acceptors (Lipinski definition) is 2. The van der Waals surface area contributed by atoms with Crippen LogP contribution in [0.2, 0.25) is 5.02 Å². The Kier molecular flexibility index (Phi) is 5.22. The third-order valence-corrected chi connectivity index (χ3v) is 3.43. The first-order valence-electron chi connectivity index (χ1n) is 6.33. The number of benzene rings is 2. The summed E-state index contributed by atoms with van der Waals surface area (Å²) in [5.74, 6) is 3.74. The smallest absolute Gasteiger partial charge is 0.129 e. The highest BCUT2D eigenvalue weighted by Crippen LogP contribution is 2.18. The Balaban J connectivity index is 2.14. The molecule has 0 spiro atoms. The molecule has 0 aliphatic rings. The topological polar surface area (TPSA) is 38.0 Å². The first-order valence-corrected chi connectivity index (χ1v) is 6.71. The minimum absolute atomic E-state index is 0.203. The molecule has 3 N–H and O–H groups in total. The lowest BCUT2D eigenvalue weighted by atomic mass is 9.99. The van der Waals surface area contributed by atoms with Crippen LogP contribution in [-0.2, 0) is 12.8 Å². The van der Waals surface area contributed by atoms with Crippen LogP contribution in [0.1, 0.15) is 11.1 Å². The summed E-state index contributed by atoms with van der Waals surface area (Å²) in [5.41, 5.74) is 3.21. The lowest BCUT2D eigenvalue weighted by Crippen LogP contribution is -2.38. The fourth-order valence-corrected chi connectivity index (χ4v) is 2.30. The largest absolute Gasteiger partial charge is 0.271 e. The number of nitrogens with two attached hydrogens (primary N) is 1. The van der Waals surface area contributed by atoms with E-state index in [1.165, 1.54) is 30.3 Å². The van der Waals surface area contributed by atoms with Crippen LogP contribution in [0, 0.1) is 17.5 Å². The van der Waals surface area contributed by atoms with Gasteiger partial charge < -0.3 is 0 Å². The molecule has 1 atom stereocenters. The van der Waals surface area contributed by atoms with Crippen LogP contribution in [-0.4, -0.2) is 6.04 Å². The second-order valence-electron chi connectivity index (χ2n) is 4.74. The van der Waals surface area contributed by atoms with Crippen molar-refractivity contribution in [3.05, 3.63) is 70.0 Å². The van der Waals surface area contributed by atoms with Crippen molar-refractivity contribution in [3.8, 4) is 0 Å². The third kappa shape index (κ3) is 4.20. The number of rotatable bonds is 5. The average Bonchev–Trinajstić information content (AvgIpc) is 2.44. The fourth-order valence-electron chi connectivity index (χ4n) is 2.11. The lowest BCUT2D eigenvalue weighted by molar-refractivity contribution is 0.491. The molecule has 6 heteroatoms. The zero-order chi connectivity index (χ0) is 15.4. The van der Waals surface area contributed by atoms with Crippen molar-refractivity contribution in [2.75, 3.05) is 0 Å². The van der Waals surface area contributed by atoms with E-state index < -0.39 is 23.5 Å². The van der Waals surface area contributed by atoms with Gasteiger partial charge in [0.15, 0.2) is 0 Å². The van der Waals surface area contributed by atoms with E-state index in [2.05, 4.69) is 5.43 Å². The van der Waals surface area contributed by atoms with Crippen LogP contribution in [0.5, 0.6) is 0 Å². The van der Waals surface area contributed by atoms with E-state index in [0.29, 0.717) is 16.1 Å². The average molecular weight is 315 g/mol. The molecular formula is C15H14ClF3N2. The van der Waals surface area contributed by atoms with E-state index in [0.717, 1.165) is 6.07 Å². The zero-order valence-corrected chi connectivity index (χ0v) is 11.8. The van der Waals surface area contributed by atoms with Gasteiger partial charge in [0, 0.05) is 17.1 Å². The maximum atomic E-state index is 13.7. The molecule has 0 saturated carbocycles. The van der Waals surface area contributed by atoms with Crippen molar-refractivity contribution in [3.63, 3.8) is 0 Å². The molecule has 2 aromatic rings. The van der Waals surface area contributed by atoms with Crippen LogP contribution in [0.3, 0.4) is 0 Å². The van der Waals surface area contributed by atoms with Gasteiger partial charge in [-0.05, 0) is 48.2 Å². The predicted octanol–water partition coefficient (Wildman–Crippen LogP) is 3.37. The molecule has 1 unspecified atom stereocenters. The van der Waals surface area contributed by atoms with E-state index in [1.54, 1.807) is 0 Å². The van der Waals surface area contributed by atoms with Crippen LogP contribution < -0.4 is 11.3 Å². The van der Waals surface area contributed by atoms with Gasteiger partial charge in [0.25, 0.3) is 0 Å². The van der Waals surface area contributed by atoms with Crippen molar-refractivity contribution in [1.82, 2.24) is 5.43 Å². The quantitative estimate of drug-likeness (QED) is 0.656. The summed E-state index contributed by atoms with van der Waals surface area (Å²) in [7, 11) is 0. The summed E-state index contributed by atoms with van der Waals surface area (Å²) in [6.07, 6.45) is 0.439. The van der Waals surface area contributed by atoms with Gasteiger partial charge in [0.2, 0.25) is 0 Å². The van der Waals surface area contributed by atoms with E-state index in [9.17, 15) is 13.2 Å². The van der Waals surface area contributed by atoms with E-state index in [1.807, 2.05) is 0 Å². The molecule has 0 radical (unpaired) electrons. The molecule has 0 aliphatic carbocycles. The second kappa shape index (κ2) is 6.93. The van der Waals surface area contributed by atoms with Crippen molar-refractivity contribution >= 4 is 11.6 Å². The van der Waals surface area contributed by atoms with E-state index >= 15 is 0 Å². The summed E-state index contributed by atoms with van der Waals surface area (Å²) >= 11 is 5.83. The molecule has 0 heterocycles. The summed E-state index contributed by atoms with van der Waals surface area (Å²) in [4.78, 5) is 0. The molecule has 0 fully saturated rings. The van der Waals surface area contributed by atoms with Crippen molar-refractivity contribution < 1.29 is 13.2 Å². The number of hydrogen-bond donors (Lipinski definition) is 2. The zero-order valence-electron chi connectivity index (χ0n) is 11.0. The Morgan fingerprint density at radius 1 is 0.952 bits per heavy atom. The molecule has 2 aromatic carbocycles. The van der Waals surface area contributed by atoms with Gasteiger partial charge in [-0.15, -0.1) is 0 Å². The second-order valence-corrected chi connectivity index (χ2v) is 5.18. The molecule has 2 nitrogen and oxygen atoms in total. The Morgan fingerprint density at radius 2 is 1.67 bits per heavy atom. The van der Waals surface area contributed by atoms with E-state index in [-0.39, 0.29) is 12.8 Å². The molecule has 2 rings (SSSR count). The normalized spacial score (nSPS) is 12.4. The van der Waals surface area contributed by atoms with Gasteiger partial charge in [0.05, 0.1) is 0 Å². The lowest BCUT2D eigenvalue weighted by Gasteiger charge is -2.17. The Morgan fingerprint density at radius 3 is 2.33 bits per heavy atom. The number of nitrogens with one attached hydrogen (secondary N) is 1. The third-order valence-electron chi connectivity index (χ3n) is 3.19. The van der Waals surface area contributed by atoms with Gasteiger partial charge in [-0.3, -0.25) is 11.3 Å². The molecule has 0 aliphatic heterocycles. The maximum Gasteiger partial charge on any atom is 0.129 e. The highest BCUT2D eigenvalue weighted by atomic mass is 35.5. The minimum atomic E-state index is -0.651. The molecule has 112 valence electrons. The summed E-state index contributed by atoms with van der Waals surface area (Å²) < 4.78 is 40.2. The Hall–Kier alpha value is -1.56. The van der Waals surface area contributed by atoms with Gasteiger partial charge in [0.1, 0.15) is 17.5 Å². The van der Waals surface area contributed by atoms with Crippen LogP contribution in [0.4, 0.5) is 13.2 Å². The monoisotopic (exact) mass is 314 g/mol. The molecule has 0 aromatic heterocycles. The number of halogens is 4. The fraction of sp³-hybridized carbons (Fsp3) is 0.200. The molecule has 0 amide bonds. The van der Waals surface area contributed by atoms with E-state index in [4.69, 9.17) is 17.4 Å². The van der Waals surface area contributed by atoms with Crippen molar-refractivity contribution in [2.24, 2.45) is 5.84 Å². The van der Waals surface area contributed by atoms with Crippen molar-refractivity contribution in [2.45, 2.75) is 18.9 Å². The standard InChI is InChI=1S/C15H14ClF3N2/c16-11-2-4-14(18)10(5-11)7-13(21-20)6-9-1-3-12(17)8-15(9)19/h1-5,8,13,21H,6-7,20H2. The van der Waals surface area contributed by atoms with Gasteiger partial charge in [-0.25, -0.2) is 13.2 Å². The number of hydrazine groups is 1. The molecule has 21 heavy (non-hydrogen) atoms. The molecule has 0 saturated heterocycles. The maximum absolute atomic E-state index is 13.7. The first kappa shape index (κ1) is 15.8. The SMILES string of the molecule is NNC(Cc1ccc(F)cc1F)Cc1cc(Cl)ccc1F. The minimum Gasteiger partial charge on any atom is -0.271 e. The van der Waals surface area contributed by atoms with Crippen LogP contribution in [0.25, 0.3) is 0 Å². The van der Waals surface area contributed by atoms with Gasteiger partial charge in [-0.2, -0.15) is 0 Å².